The van der Waals surface area contributed by atoms with Crippen molar-refractivity contribution >= 4 is 30.8 Å². The van der Waals surface area contributed by atoms with Crippen LogP contribution in [0.25, 0.3) is 0 Å². The van der Waals surface area contributed by atoms with Crippen molar-refractivity contribution in [2.24, 2.45) is 5.73 Å². The van der Waals surface area contributed by atoms with Gasteiger partial charge >= 0.3 is 5.97 Å². The Morgan fingerprint density at radius 1 is 1.40 bits per heavy atom. The van der Waals surface area contributed by atoms with E-state index in [4.69, 9.17) is 19.9 Å². The molecular weight excluding hydrogens is 431 g/mol. The molecule has 5 unspecified atom stereocenters. The van der Waals surface area contributed by atoms with Gasteiger partial charge in [0.25, 0.3) is 0 Å². The van der Waals surface area contributed by atoms with Crippen LogP contribution in [-0.4, -0.2) is 60.5 Å². The predicted octanol–water partition coefficient (Wildman–Crippen LogP) is 1.71. The molecule has 0 amide bonds. The molecule has 4 aliphatic rings. The molecular formula is C21H28Cl2N2O5. The molecule has 1 aromatic carbocycles. The van der Waals surface area contributed by atoms with E-state index in [-0.39, 0.29) is 30.9 Å². The van der Waals surface area contributed by atoms with Crippen LogP contribution in [0.3, 0.4) is 0 Å². The van der Waals surface area contributed by atoms with Gasteiger partial charge in [-0.05, 0) is 51.1 Å². The first-order valence-electron chi connectivity index (χ1n) is 9.80. The smallest absolute Gasteiger partial charge is 0.327 e. The van der Waals surface area contributed by atoms with Gasteiger partial charge in [-0.25, -0.2) is 4.79 Å². The van der Waals surface area contributed by atoms with E-state index in [0.29, 0.717) is 30.1 Å². The Labute approximate surface area is 188 Å². The third-order valence-corrected chi connectivity index (χ3v) is 7.15. The highest BCUT2D eigenvalue weighted by Gasteiger charge is 2.72. The standard InChI is InChI=1S/C21H26N2O5.2ClH/c1-11(22)19(24)27-14-6-7-21(25)15-10-12-4-5-13(26-3)17-16(12)20(21,18(14)28-17)8-9-23(15)2;;/h4-6,11,15,18,25H,7-10,22H2,1-3H3;2*1H. The minimum Gasteiger partial charge on any atom is -0.493 e. The number of hydrogen-bond acceptors (Lipinski definition) is 7. The van der Waals surface area contributed by atoms with Gasteiger partial charge in [-0.3, -0.25) is 0 Å². The molecule has 1 fully saturated rings. The van der Waals surface area contributed by atoms with E-state index in [1.807, 2.05) is 6.07 Å². The molecule has 0 aromatic heterocycles. The molecule has 5 rings (SSSR count). The number of methoxy groups -OCH3 is 1. The number of likely N-dealkylation sites (tertiary alicyclic amines) is 1. The number of nitrogens with zero attached hydrogens (tertiary/aromatic N) is 1. The van der Waals surface area contributed by atoms with Crippen molar-refractivity contribution in [3.05, 3.63) is 35.1 Å². The fraction of sp³-hybridized carbons (Fsp3) is 0.571. The second-order valence-electron chi connectivity index (χ2n) is 8.50. The first-order chi connectivity index (χ1) is 13.3. The van der Waals surface area contributed by atoms with Crippen LogP contribution in [0.4, 0.5) is 0 Å². The molecule has 2 aliphatic carbocycles. The van der Waals surface area contributed by atoms with Crippen LogP contribution in [-0.2, 0) is 21.4 Å². The van der Waals surface area contributed by atoms with E-state index in [9.17, 15) is 9.90 Å². The van der Waals surface area contributed by atoms with Gasteiger partial charge in [0, 0.05) is 18.0 Å². The van der Waals surface area contributed by atoms with Crippen molar-refractivity contribution in [3.63, 3.8) is 0 Å². The molecule has 30 heavy (non-hydrogen) atoms. The number of carbonyl (C=O) groups is 1. The van der Waals surface area contributed by atoms with E-state index < -0.39 is 29.1 Å². The maximum Gasteiger partial charge on any atom is 0.327 e. The number of esters is 1. The number of aliphatic hydroxyl groups is 1. The fourth-order valence-corrected chi connectivity index (χ4v) is 5.80. The lowest BCUT2D eigenvalue weighted by molar-refractivity contribution is -0.169. The number of carbonyl (C=O) groups excluding carboxylic acids is 1. The van der Waals surface area contributed by atoms with E-state index in [0.717, 1.165) is 18.5 Å². The maximum atomic E-state index is 12.2. The van der Waals surface area contributed by atoms with Gasteiger partial charge in [0.05, 0.1) is 18.1 Å². The van der Waals surface area contributed by atoms with Crippen molar-refractivity contribution < 1.29 is 24.1 Å². The van der Waals surface area contributed by atoms with Crippen molar-refractivity contribution in [2.45, 2.75) is 55.4 Å². The van der Waals surface area contributed by atoms with Gasteiger partial charge in [-0.15, -0.1) is 24.8 Å². The molecule has 3 N–H and O–H groups in total. The highest BCUT2D eigenvalue weighted by Crippen LogP contribution is 2.65. The zero-order valence-electron chi connectivity index (χ0n) is 17.2. The molecule has 7 nitrogen and oxygen atoms in total. The first-order valence-corrected chi connectivity index (χ1v) is 9.80. The van der Waals surface area contributed by atoms with Crippen molar-refractivity contribution in [2.75, 3.05) is 20.7 Å². The van der Waals surface area contributed by atoms with Crippen LogP contribution >= 0.6 is 24.8 Å². The summed E-state index contributed by atoms with van der Waals surface area (Å²) >= 11 is 0. The highest BCUT2D eigenvalue weighted by atomic mass is 35.5. The van der Waals surface area contributed by atoms with E-state index in [1.54, 1.807) is 20.1 Å². The number of piperidine rings is 1. The summed E-state index contributed by atoms with van der Waals surface area (Å²) in [6, 6.07) is 3.23. The van der Waals surface area contributed by atoms with E-state index >= 15 is 0 Å². The lowest BCUT2D eigenvalue weighted by Gasteiger charge is -2.61. The fourth-order valence-electron chi connectivity index (χ4n) is 5.80. The molecule has 166 valence electrons. The Morgan fingerprint density at radius 3 is 2.80 bits per heavy atom. The third kappa shape index (κ3) is 2.66. The summed E-state index contributed by atoms with van der Waals surface area (Å²) in [5.41, 5.74) is 6.23. The van der Waals surface area contributed by atoms with Crippen molar-refractivity contribution in [1.29, 1.82) is 0 Å². The number of ether oxygens (including phenoxy) is 3. The molecule has 1 saturated heterocycles. The van der Waals surface area contributed by atoms with E-state index in [1.165, 1.54) is 5.56 Å². The first kappa shape index (κ1) is 23.2. The molecule has 2 bridgehead atoms. The molecule has 0 saturated carbocycles. The number of halogens is 2. The molecule has 2 heterocycles. The highest BCUT2D eigenvalue weighted by molar-refractivity contribution is 5.85. The number of benzene rings is 1. The van der Waals surface area contributed by atoms with Crippen molar-refractivity contribution in [3.8, 4) is 11.5 Å². The van der Waals surface area contributed by atoms with Gasteiger partial charge in [0.2, 0.25) is 0 Å². The monoisotopic (exact) mass is 458 g/mol. The minimum absolute atomic E-state index is 0. The Morgan fingerprint density at radius 2 is 2.13 bits per heavy atom. The van der Waals surface area contributed by atoms with Crippen LogP contribution in [0.1, 0.15) is 30.9 Å². The van der Waals surface area contributed by atoms with Crippen LogP contribution in [0.5, 0.6) is 11.5 Å². The number of likely N-dealkylation sites (N-methyl/N-ethyl adjacent to an activating group) is 1. The molecule has 1 aromatic rings. The van der Waals surface area contributed by atoms with Gasteiger partial charge < -0.3 is 30.0 Å². The maximum absolute atomic E-state index is 12.2. The average Bonchev–Trinajstić information content (AvgIpc) is 3.02. The molecule has 2 aliphatic heterocycles. The normalized spacial score (nSPS) is 33.7. The number of rotatable bonds is 3. The summed E-state index contributed by atoms with van der Waals surface area (Å²) in [6.45, 7) is 2.43. The van der Waals surface area contributed by atoms with Gasteiger partial charge in [-0.2, -0.15) is 0 Å². The summed E-state index contributed by atoms with van der Waals surface area (Å²) < 4.78 is 17.6. The van der Waals surface area contributed by atoms with Gasteiger partial charge in [0.15, 0.2) is 17.6 Å². The molecule has 9 heteroatoms. The summed E-state index contributed by atoms with van der Waals surface area (Å²) in [5.74, 6) is 1.25. The third-order valence-electron chi connectivity index (χ3n) is 7.15. The predicted molar refractivity (Wildman–Crippen MR) is 116 cm³/mol. The molecule has 1 spiro atoms. The average molecular weight is 459 g/mol. The lowest BCUT2D eigenvalue weighted by atomic mass is 9.50. The van der Waals surface area contributed by atoms with Crippen molar-refractivity contribution in [1.82, 2.24) is 4.90 Å². The topological polar surface area (TPSA) is 94.2 Å². The zero-order chi connectivity index (χ0) is 19.8. The van der Waals surface area contributed by atoms with E-state index in [2.05, 4.69) is 18.0 Å². The lowest BCUT2D eigenvalue weighted by Crippen LogP contribution is -2.74. The quantitative estimate of drug-likeness (QED) is 0.665. The van der Waals surface area contributed by atoms with Gasteiger partial charge in [-0.1, -0.05) is 6.07 Å². The summed E-state index contributed by atoms with van der Waals surface area (Å²) in [4.78, 5) is 14.5. The molecule has 0 radical (unpaired) electrons. The van der Waals surface area contributed by atoms with Gasteiger partial charge in [0.1, 0.15) is 11.8 Å². The Bertz CT molecular complexity index is 908. The van der Waals surface area contributed by atoms with Crippen LogP contribution in [0, 0.1) is 0 Å². The Balaban J connectivity index is 0.00000128. The number of nitrogens with two attached hydrogens (primary N) is 1. The summed E-state index contributed by atoms with van der Waals surface area (Å²) in [6.07, 6.45) is 3.09. The number of hydrogen-bond donors (Lipinski definition) is 2. The SMILES string of the molecule is COc1ccc2c3c1OC1C(OC(=O)C(C)N)=CCC4(O)C(C2)N(C)CCC314.Cl.Cl. The van der Waals surface area contributed by atoms with Crippen LogP contribution in [0.15, 0.2) is 24.0 Å². The zero-order valence-corrected chi connectivity index (χ0v) is 18.8. The minimum atomic E-state index is -1.00. The largest absolute Gasteiger partial charge is 0.493 e. The molecule has 5 atom stereocenters. The van der Waals surface area contributed by atoms with Crippen LogP contribution < -0.4 is 15.2 Å². The second-order valence-corrected chi connectivity index (χ2v) is 8.50. The van der Waals surface area contributed by atoms with Crippen LogP contribution in [0.2, 0.25) is 0 Å². The second kappa shape index (κ2) is 7.57. The Kier molecular flexibility index (Phi) is 5.84. The Hall–Kier alpha value is -1.51. The summed E-state index contributed by atoms with van der Waals surface area (Å²) in [7, 11) is 3.67. The summed E-state index contributed by atoms with van der Waals surface area (Å²) in [5, 5.41) is 12.0.